The molecule has 1 atom stereocenters. The van der Waals surface area contributed by atoms with E-state index in [-0.39, 0.29) is 6.42 Å². The molecule has 0 spiro atoms. The normalized spacial score (nSPS) is 11.7. The van der Waals surface area contributed by atoms with Gasteiger partial charge in [-0.05, 0) is 12.0 Å². The first-order valence-corrected chi connectivity index (χ1v) is 4.09. The van der Waals surface area contributed by atoms with Gasteiger partial charge in [-0.1, -0.05) is 24.3 Å². The minimum atomic E-state index is -1.05. The van der Waals surface area contributed by atoms with Crippen molar-refractivity contribution in [1.82, 2.24) is 0 Å². The molecule has 14 heavy (non-hydrogen) atoms. The molecule has 3 N–H and O–H groups in total. The van der Waals surface area contributed by atoms with Crippen molar-refractivity contribution in [2.24, 2.45) is 5.73 Å². The Kier molecular flexibility index (Phi) is 3.21. The SMILES string of the molecule is [C-]#[N+]c1ccccc1CC(N)C(=O)O. The van der Waals surface area contributed by atoms with Crippen LogP contribution in [-0.2, 0) is 11.2 Å². The number of rotatable bonds is 3. The van der Waals surface area contributed by atoms with Crippen LogP contribution < -0.4 is 5.73 Å². The third kappa shape index (κ3) is 2.31. The van der Waals surface area contributed by atoms with Crippen molar-refractivity contribution < 1.29 is 9.90 Å². The van der Waals surface area contributed by atoms with Gasteiger partial charge in [-0.25, -0.2) is 4.85 Å². The molecule has 0 saturated carbocycles. The second kappa shape index (κ2) is 4.40. The van der Waals surface area contributed by atoms with E-state index in [1.165, 1.54) is 0 Å². The Morgan fingerprint density at radius 3 is 2.79 bits per heavy atom. The zero-order chi connectivity index (χ0) is 10.6. The number of nitrogens with zero attached hydrogens (tertiary/aromatic N) is 1. The molecule has 0 saturated heterocycles. The lowest BCUT2D eigenvalue weighted by Crippen LogP contribution is -2.32. The van der Waals surface area contributed by atoms with Crippen molar-refractivity contribution in [1.29, 1.82) is 0 Å². The number of carboxylic acids is 1. The molecular weight excluding hydrogens is 180 g/mol. The molecule has 0 aliphatic heterocycles. The molecule has 0 heterocycles. The molecule has 0 aromatic heterocycles. The molecule has 1 rings (SSSR count). The van der Waals surface area contributed by atoms with Crippen molar-refractivity contribution in [2.45, 2.75) is 12.5 Å². The van der Waals surface area contributed by atoms with E-state index in [0.717, 1.165) is 0 Å². The van der Waals surface area contributed by atoms with Crippen LogP contribution >= 0.6 is 0 Å². The van der Waals surface area contributed by atoms with Crippen molar-refractivity contribution >= 4 is 11.7 Å². The molecule has 0 aliphatic carbocycles. The Bertz CT molecular complexity index is 382. The van der Waals surface area contributed by atoms with E-state index >= 15 is 0 Å². The largest absolute Gasteiger partial charge is 0.480 e. The van der Waals surface area contributed by atoms with Gasteiger partial charge >= 0.3 is 5.97 Å². The van der Waals surface area contributed by atoms with E-state index in [1.54, 1.807) is 24.3 Å². The van der Waals surface area contributed by atoms with Crippen LogP contribution in [-0.4, -0.2) is 17.1 Å². The highest BCUT2D eigenvalue weighted by Gasteiger charge is 2.13. The Balaban J connectivity index is 2.87. The van der Waals surface area contributed by atoms with Crippen LogP contribution in [0.25, 0.3) is 4.85 Å². The minimum Gasteiger partial charge on any atom is -0.480 e. The minimum absolute atomic E-state index is 0.188. The van der Waals surface area contributed by atoms with Crippen LogP contribution in [0.3, 0.4) is 0 Å². The van der Waals surface area contributed by atoms with Crippen molar-refractivity contribution in [3.8, 4) is 0 Å². The zero-order valence-corrected chi connectivity index (χ0v) is 7.47. The van der Waals surface area contributed by atoms with Gasteiger partial charge in [0, 0.05) is 0 Å². The zero-order valence-electron chi connectivity index (χ0n) is 7.47. The van der Waals surface area contributed by atoms with Gasteiger partial charge in [0.25, 0.3) is 0 Å². The van der Waals surface area contributed by atoms with Crippen molar-refractivity contribution in [2.75, 3.05) is 0 Å². The molecule has 0 fully saturated rings. The summed E-state index contributed by atoms with van der Waals surface area (Å²) in [5.74, 6) is -1.05. The maximum Gasteiger partial charge on any atom is 0.320 e. The topological polar surface area (TPSA) is 67.7 Å². The van der Waals surface area contributed by atoms with Crippen molar-refractivity contribution in [3.05, 3.63) is 41.2 Å². The van der Waals surface area contributed by atoms with Crippen molar-refractivity contribution in [3.63, 3.8) is 0 Å². The summed E-state index contributed by atoms with van der Waals surface area (Å²) in [5.41, 5.74) is 6.51. The second-order valence-corrected chi connectivity index (χ2v) is 2.89. The Labute approximate surface area is 81.8 Å². The van der Waals surface area contributed by atoms with Crippen LogP contribution in [0.5, 0.6) is 0 Å². The van der Waals surface area contributed by atoms with E-state index in [0.29, 0.717) is 11.3 Å². The molecule has 1 unspecified atom stereocenters. The van der Waals surface area contributed by atoms with Gasteiger partial charge in [-0.15, -0.1) is 0 Å². The third-order valence-corrected chi connectivity index (χ3v) is 1.87. The third-order valence-electron chi connectivity index (χ3n) is 1.87. The lowest BCUT2D eigenvalue weighted by Gasteiger charge is -2.07. The van der Waals surface area contributed by atoms with Gasteiger partial charge in [0.1, 0.15) is 6.04 Å². The standard InChI is InChI=1S/C10H10N2O2/c1-12-9-5-3-2-4-7(9)6-8(11)10(13)14/h2-5,8H,6,11H2,(H,13,14). The highest BCUT2D eigenvalue weighted by Crippen LogP contribution is 2.19. The van der Waals surface area contributed by atoms with Crippen LogP contribution in [0.4, 0.5) is 5.69 Å². The quantitative estimate of drug-likeness (QED) is 0.703. The Hall–Kier alpha value is -1.86. The van der Waals surface area contributed by atoms with E-state index in [9.17, 15) is 4.79 Å². The number of hydrogen-bond acceptors (Lipinski definition) is 2. The molecule has 4 nitrogen and oxygen atoms in total. The number of aliphatic carboxylic acids is 1. The predicted octanol–water partition coefficient (Wildman–Crippen LogP) is 1.19. The van der Waals surface area contributed by atoms with Gasteiger partial charge in [0.15, 0.2) is 5.69 Å². The van der Waals surface area contributed by atoms with Gasteiger partial charge in [0.05, 0.1) is 6.57 Å². The van der Waals surface area contributed by atoms with Gasteiger partial charge < -0.3 is 10.8 Å². The number of nitrogens with two attached hydrogens (primary N) is 1. The fourth-order valence-corrected chi connectivity index (χ4v) is 1.12. The number of carboxylic acid groups (broad SMARTS) is 1. The van der Waals surface area contributed by atoms with Crippen LogP contribution in [0.15, 0.2) is 24.3 Å². The first kappa shape index (κ1) is 10.2. The molecular formula is C10H10N2O2. The van der Waals surface area contributed by atoms with E-state index in [1.807, 2.05) is 0 Å². The number of para-hydroxylation sites is 1. The summed E-state index contributed by atoms with van der Waals surface area (Å²) >= 11 is 0. The molecule has 0 bridgehead atoms. The Morgan fingerprint density at radius 1 is 1.57 bits per heavy atom. The average Bonchev–Trinajstić information content (AvgIpc) is 2.18. The summed E-state index contributed by atoms with van der Waals surface area (Å²) < 4.78 is 0. The Morgan fingerprint density at radius 2 is 2.21 bits per heavy atom. The fourth-order valence-electron chi connectivity index (χ4n) is 1.12. The molecule has 0 radical (unpaired) electrons. The summed E-state index contributed by atoms with van der Waals surface area (Å²) in [6.45, 7) is 6.87. The van der Waals surface area contributed by atoms with E-state index in [2.05, 4.69) is 4.85 Å². The van der Waals surface area contributed by atoms with Crippen LogP contribution in [0, 0.1) is 6.57 Å². The van der Waals surface area contributed by atoms with Gasteiger partial charge in [0.2, 0.25) is 0 Å². The first-order valence-electron chi connectivity index (χ1n) is 4.09. The molecule has 0 aliphatic rings. The number of hydrogen-bond donors (Lipinski definition) is 2. The lowest BCUT2D eigenvalue weighted by atomic mass is 10.1. The molecule has 0 amide bonds. The molecule has 72 valence electrons. The van der Waals surface area contributed by atoms with Crippen LogP contribution in [0.2, 0.25) is 0 Å². The predicted molar refractivity (Wildman–Crippen MR) is 52.0 cm³/mol. The number of carbonyl (C=O) groups is 1. The first-order chi connectivity index (χ1) is 6.65. The fraction of sp³-hybridized carbons (Fsp3) is 0.200. The van der Waals surface area contributed by atoms with Gasteiger partial charge in [-0.2, -0.15) is 0 Å². The highest BCUT2D eigenvalue weighted by molar-refractivity contribution is 5.74. The van der Waals surface area contributed by atoms with Crippen LogP contribution in [0.1, 0.15) is 5.56 Å². The summed E-state index contributed by atoms with van der Waals surface area (Å²) in [6, 6.07) is 5.92. The maximum absolute atomic E-state index is 10.5. The maximum atomic E-state index is 10.5. The highest BCUT2D eigenvalue weighted by atomic mass is 16.4. The molecule has 4 heteroatoms. The lowest BCUT2D eigenvalue weighted by molar-refractivity contribution is -0.138. The van der Waals surface area contributed by atoms with E-state index < -0.39 is 12.0 Å². The monoisotopic (exact) mass is 190 g/mol. The summed E-state index contributed by atoms with van der Waals surface area (Å²) in [6.07, 6.45) is 0.188. The second-order valence-electron chi connectivity index (χ2n) is 2.89. The molecule has 1 aromatic carbocycles. The summed E-state index contributed by atoms with van der Waals surface area (Å²) in [4.78, 5) is 13.8. The van der Waals surface area contributed by atoms with Gasteiger partial charge in [-0.3, -0.25) is 4.79 Å². The summed E-state index contributed by atoms with van der Waals surface area (Å²) in [5, 5.41) is 8.60. The number of benzene rings is 1. The summed E-state index contributed by atoms with van der Waals surface area (Å²) in [7, 11) is 0. The van der Waals surface area contributed by atoms with E-state index in [4.69, 9.17) is 17.4 Å². The average molecular weight is 190 g/mol. The smallest absolute Gasteiger partial charge is 0.320 e. The molecule has 1 aromatic rings.